The maximum atomic E-state index is 4.16. The third-order valence-electron chi connectivity index (χ3n) is 3.62. The minimum atomic E-state index is 0.460. The van der Waals surface area contributed by atoms with Crippen molar-refractivity contribution in [2.75, 3.05) is 6.54 Å². The first-order valence-electron chi connectivity index (χ1n) is 9.17. The van der Waals surface area contributed by atoms with Crippen LogP contribution in [0, 0.1) is 5.92 Å². The Morgan fingerprint density at radius 3 is 2.18 bits per heavy atom. The summed E-state index contributed by atoms with van der Waals surface area (Å²) in [6.07, 6.45) is 11.2. The molecule has 0 aliphatic carbocycles. The second-order valence-electron chi connectivity index (χ2n) is 6.37. The molecule has 1 heteroatoms. The van der Waals surface area contributed by atoms with Gasteiger partial charge in [-0.1, -0.05) is 79.3 Å². The first kappa shape index (κ1) is 23.4. The molecule has 0 amide bonds. The van der Waals surface area contributed by atoms with Crippen molar-refractivity contribution in [2.45, 2.75) is 86.2 Å². The molecule has 1 heterocycles. The van der Waals surface area contributed by atoms with E-state index in [0.717, 1.165) is 12.0 Å². The summed E-state index contributed by atoms with van der Waals surface area (Å²) in [5.41, 5.74) is 1.19. The smallest absolute Gasteiger partial charge is 0.0316 e. The molecule has 0 spiro atoms. The minimum absolute atomic E-state index is 0.460. The molecule has 0 aromatic carbocycles. The van der Waals surface area contributed by atoms with Crippen molar-refractivity contribution >= 4 is 0 Å². The lowest BCUT2D eigenvalue weighted by atomic mass is 9.96. The van der Waals surface area contributed by atoms with Gasteiger partial charge in [0.1, 0.15) is 0 Å². The maximum absolute atomic E-state index is 4.16. The number of hydrogen-bond donors (Lipinski definition) is 0. The van der Waals surface area contributed by atoms with Gasteiger partial charge in [0.15, 0.2) is 0 Å². The van der Waals surface area contributed by atoms with Crippen LogP contribution in [0.25, 0.3) is 0 Å². The minimum Gasteiger partial charge on any atom is -0.294 e. The molecule has 22 heavy (non-hydrogen) atoms. The fourth-order valence-electron chi connectivity index (χ4n) is 2.52. The van der Waals surface area contributed by atoms with Crippen LogP contribution >= 0.6 is 0 Å². The summed E-state index contributed by atoms with van der Waals surface area (Å²) < 4.78 is 0. The van der Waals surface area contributed by atoms with Crippen LogP contribution in [0.2, 0.25) is 0 Å². The first-order valence-corrected chi connectivity index (χ1v) is 9.17. The lowest BCUT2D eigenvalue weighted by Gasteiger charge is -2.40. The number of allylic oxidation sites excluding steroid dienone is 2. The van der Waals surface area contributed by atoms with Gasteiger partial charge in [-0.2, -0.15) is 0 Å². The predicted molar refractivity (Wildman–Crippen MR) is 104 cm³/mol. The highest BCUT2D eigenvalue weighted by Crippen LogP contribution is 2.24. The Bertz CT molecular complexity index is 298. The lowest BCUT2D eigenvalue weighted by molar-refractivity contribution is 0.118. The molecule has 0 saturated carbocycles. The van der Waals surface area contributed by atoms with Crippen molar-refractivity contribution < 1.29 is 0 Å². The molecule has 130 valence electrons. The van der Waals surface area contributed by atoms with Gasteiger partial charge in [-0.05, 0) is 44.2 Å². The van der Waals surface area contributed by atoms with E-state index >= 15 is 0 Å². The van der Waals surface area contributed by atoms with Gasteiger partial charge in [0.2, 0.25) is 0 Å². The molecule has 0 aromatic rings. The average molecular weight is 308 g/mol. The van der Waals surface area contributed by atoms with E-state index in [-0.39, 0.29) is 0 Å². The molecule has 1 fully saturated rings. The third-order valence-corrected chi connectivity index (χ3v) is 3.62. The van der Waals surface area contributed by atoms with Crippen molar-refractivity contribution in [3.05, 3.63) is 37.0 Å². The van der Waals surface area contributed by atoms with Crippen molar-refractivity contribution in [3.8, 4) is 0 Å². The number of nitrogens with zero attached hydrogens (tertiary/aromatic N) is 1. The van der Waals surface area contributed by atoms with Crippen LogP contribution in [0.5, 0.6) is 0 Å². The molecule has 0 radical (unpaired) electrons. The molecule has 1 saturated heterocycles. The Morgan fingerprint density at radius 2 is 1.73 bits per heavy atom. The van der Waals surface area contributed by atoms with E-state index in [1.807, 2.05) is 26.0 Å². The highest BCUT2D eigenvalue weighted by molar-refractivity contribution is 5.23. The van der Waals surface area contributed by atoms with Gasteiger partial charge in [-0.3, -0.25) is 4.90 Å². The highest BCUT2D eigenvalue weighted by atomic mass is 15.2. The Hall–Kier alpha value is -0.820. The standard InChI is InChI=1S/C15H25N.C4H10.C2H6/c1-5-7-10-13(3)14(4)16-12-9-8-11-15(16)6-2;1-4(2)3;1-2/h5,7,10,14-15H,1,3,6,8-9,11-12H2,2,4H3;4H,1-3H3;1-2H3/b10-7-;;. The highest BCUT2D eigenvalue weighted by Gasteiger charge is 2.25. The van der Waals surface area contributed by atoms with Gasteiger partial charge in [0.25, 0.3) is 0 Å². The summed E-state index contributed by atoms with van der Waals surface area (Å²) in [5, 5.41) is 0. The molecule has 1 nitrogen and oxygen atoms in total. The van der Waals surface area contributed by atoms with Crippen LogP contribution in [-0.4, -0.2) is 23.5 Å². The predicted octanol–water partition coefficient (Wildman–Crippen LogP) is 6.63. The molecule has 0 bridgehead atoms. The van der Waals surface area contributed by atoms with E-state index in [4.69, 9.17) is 0 Å². The molecule has 1 rings (SSSR count). The molecular weight excluding hydrogens is 266 g/mol. The monoisotopic (exact) mass is 307 g/mol. The van der Waals surface area contributed by atoms with Gasteiger partial charge in [0, 0.05) is 12.1 Å². The molecule has 1 aliphatic rings. The van der Waals surface area contributed by atoms with Crippen molar-refractivity contribution in [2.24, 2.45) is 5.92 Å². The Kier molecular flexibility index (Phi) is 16.1. The summed E-state index contributed by atoms with van der Waals surface area (Å²) in [6.45, 7) is 24.1. The van der Waals surface area contributed by atoms with E-state index in [0.29, 0.717) is 6.04 Å². The van der Waals surface area contributed by atoms with Crippen LogP contribution in [0.1, 0.15) is 74.1 Å². The van der Waals surface area contributed by atoms with Crippen molar-refractivity contribution in [1.29, 1.82) is 0 Å². The quantitative estimate of drug-likeness (QED) is 0.515. The van der Waals surface area contributed by atoms with Gasteiger partial charge in [-0.15, -0.1) is 0 Å². The van der Waals surface area contributed by atoms with Crippen LogP contribution in [0.4, 0.5) is 0 Å². The number of piperidine rings is 1. The van der Waals surface area contributed by atoms with Crippen LogP contribution in [0.15, 0.2) is 37.0 Å². The fraction of sp³-hybridized carbons (Fsp3) is 0.714. The Morgan fingerprint density at radius 1 is 1.18 bits per heavy atom. The normalized spacial score (nSPS) is 19.7. The number of likely N-dealkylation sites (tertiary alicyclic amines) is 1. The topological polar surface area (TPSA) is 3.24 Å². The Balaban J connectivity index is 0. The van der Waals surface area contributed by atoms with Gasteiger partial charge >= 0.3 is 0 Å². The number of hydrogen-bond acceptors (Lipinski definition) is 1. The summed E-state index contributed by atoms with van der Waals surface area (Å²) in [4.78, 5) is 2.61. The molecule has 1 aliphatic heterocycles. The third kappa shape index (κ3) is 10.8. The number of rotatable bonds is 5. The van der Waals surface area contributed by atoms with E-state index in [2.05, 4.69) is 58.8 Å². The van der Waals surface area contributed by atoms with E-state index in [1.54, 1.807) is 0 Å². The zero-order valence-corrected chi connectivity index (χ0v) is 16.4. The molecule has 0 aromatic heterocycles. The SMILES string of the molecule is C=C/C=C\C(=C)C(C)N1CCCCC1CC.CC.CC(C)C. The largest absolute Gasteiger partial charge is 0.294 e. The van der Waals surface area contributed by atoms with Crippen LogP contribution < -0.4 is 0 Å². The fourth-order valence-corrected chi connectivity index (χ4v) is 2.52. The van der Waals surface area contributed by atoms with Gasteiger partial charge in [0.05, 0.1) is 0 Å². The summed E-state index contributed by atoms with van der Waals surface area (Å²) in [7, 11) is 0. The van der Waals surface area contributed by atoms with E-state index < -0.39 is 0 Å². The van der Waals surface area contributed by atoms with Crippen molar-refractivity contribution in [1.82, 2.24) is 4.90 Å². The summed E-state index contributed by atoms with van der Waals surface area (Å²) >= 11 is 0. The van der Waals surface area contributed by atoms with Crippen molar-refractivity contribution in [3.63, 3.8) is 0 Å². The molecule has 2 atom stereocenters. The zero-order valence-electron chi connectivity index (χ0n) is 16.4. The summed E-state index contributed by atoms with van der Waals surface area (Å²) in [5.74, 6) is 0.833. The maximum Gasteiger partial charge on any atom is 0.0316 e. The van der Waals surface area contributed by atoms with Gasteiger partial charge in [-0.25, -0.2) is 0 Å². The average Bonchev–Trinajstić information content (AvgIpc) is 2.53. The second-order valence-corrected chi connectivity index (χ2v) is 6.37. The lowest BCUT2D eigenvalue weighted by Crippen LogP contribution is -2.45. The van der Waals surface area contributed by atoms with Crippen LogP contribution in [0.3, 0.4) is 0 Å². The second kappa shape index (κ2) is 15.1. The molecule has 2 unspecified atom stereocenters. The first-order chi connectivity index (χ1) is 10.4. The summed E-state index contributed by atoms with van der Waals surface area (Å²) in [6, 6.07) is 1.21. The van der Waals surface area contributed by atoms with E-state index in [9.17, 15) is 0 Å². The van der Waals surface area contributed by atoms with Gasteiger partial charge < -0.3 is 0 Å². The Labute approximate surface area is 141 Å². The molecular formula is C21H41N. The molecule has 0 N–H and O–H groups in total. The van der Waals surface area contributed by atoms with E-state index in [1.165, 1.54) is 37.8 Å². The zero-order chi connectivity index (χ0) is 17.5. The van der Waals surface area contributed by atoms with Crippen LogP contribution in [-0.2, 0) is 0 Å².